The van der Waals surface area contributed by atoms with Gasteiger partial charge in [-0.05, 0) is 27.7 Å². The van der Waals surface area contributed by atoms with E-state index in [0.717, 1.165) is 5.57 Å². The van der Waals surface area contributed by atoms with Gasteiger partial charge in [-0.25, -0.2) is 0 Å². The second-order valence-corrected chi connectivity index (χ2v) is 5.04. The Balaban J connectivity index is 0.000000301. The van der Waals surface area contributed by atoms with Gasteiger partial charge in [-0.1, -0.05) is 108 Å². The second kappa shape index (κ2) is 13.6. The summed E-state index contributed by atoms with van der Waals surface area (Å²) >= 11 is 0. The fraction of sp³-hybridized carbons (Fsp3) is 0.182. The van der Waals surface area contributed by atoms with Crippen molar-refractivity contribution < 1.29 is 0 Å². The Hall–Kier alpha value is -2.34. The highest BCUT2D eigenvalue weighted by molar-refractivity contribution is 5.16. The lowest BCUT2D eigenvalue weighted by Gasteiger charge is -1.82. The number of benzene rings is 2. The van der Waals surface area contributed by atoms with Crippen molar-refractivity contribution in [2.75, 3.05) is 0 Å². The van der Waals surface area contributed by atoms with Gasteiger partial charge < -0.3 is 0 Å². The summed E-state index contributed by atoms with van der Waals surface area (Å²) in [6.45, 7) is 11.8. The summed E-state index contributed by atoms with van der Waals surface area (Å²) in [5, 5.41) is 0. The molecule has 0 aliphatic carbocycles. The lowest BCUT2D eigenvalue weighted by molar-refractivity contribution is 1.48. The molecule has 0 aliphatic heterocycles. The number of hydrogen-bond donors (Lipinski definition) is 0. The molecule has 22 heavy (non-hydrogen) atoms. The second-order valence-electron chi connectivity index (χ2n) is 5.04. The third-order valence-electron chi connectivity index (χ3n) is 2.57. The van der Waals surface area contributed by atoms with E-state index in [1.54, 1.807) is 0 Å². The molecule has 0 saturated heterocycles. The molecule has 0 aromatic heterocycles. The average Bonchev–Trinajstić information content (AvgIpc) is 2.50. The smallest absolute Gasteiger partial charge is 0.0398 e. The zero-order chi connectivity index (χ0) is 16.6. The first-order chi connectivity index (χ1) is 10.6. The van der Waals surface area contributed by atoms with Crippen LogP contribution in [0.3, 0.4) is 0 Å². The average molecular weight is 292 g/mol. The Morgan fingerprint density at radius 2 is 1.18 bits per heavy atom. The summed E-state index contributed by atoms with van der Waals surface area (Å²) in [6.07, 6.45) is 7.91. The number of hydrogen-bond acceptors (Lipinski definition) is 0. The lowest BCUT2D eigenvalue weighted by atomic mass is 10.2. The quantitative estimate of drug-likeness (QED) is 0.541. The van der Waals surface area contributed by atoms with Gasteiger partial charge in [0.05, 0.1) is 0 Å². The maximum atomic E-state index is 3.71. The van der Waals surface area contributed by atoms with Crippen molar-refractivity contribution in [3.63, 3.8) is 0 Å². The van der Waals surface area contributed by atoms with E-state index in [-0.39, 0.29) is 0 Å². The van der Waals surface area contributed by atoms with Crippen LogP contribution in [0, 0.1) is 13.8 Å². The molecule has 0 aliphatic rings. The van der Waals surface area contributed by atoms with Gasteiger partial charge in [0.2, 0.25) is 0 Å². The van der Waals surface area contributed by atoms with Crippen LogP contribution in [-0.4, -0.2) is 0 Å². The number of rotatable bonds is 2. The molecular weight excluding hydrogens is 264 g/mol. The first kappa shape index (κ1) is 19.7. The fourth-order valence-electron chi connectivity index (χ4n) is 1.40. The predicted molar refractivity (Wildman–Crippen MR) is 101 cm³/mol. The van der Waals surface area contributed by atoms with E-state index in [9.17, 15) is 0 Å². The van der Waals surface area contributed by atoms with Crippen molar-refractivity contribution in [3.8, 4) is 0 Å². The Morgan fingerprint density at radius 3 is 1.41 bits per heavy atom. The van der Waals surface area contributed by atoms with E-state index < -0.39 is 0 Å². The maximum Gasteiger partial charge on any atom is -0.0398 e. The van der Waals surface area contributed by atoms with Crippen LogP contribution in [-0.2, 0) is 0 Å². The highest BCUT2D eigenvalue weighted by Crippen LogP contribution is 1.92. The molecule has 2 aromatic rings. The molecule has 0 spiro atoms. The van der Waals surface area contributed by atoms with Gasteiger partial charge in [-0.2, -0.15) is 0 Å². The van der Waals surface area contributed by atoms with E-state index in [4.69, 9.17) is 0 Å². The summed E-state index contributed by atoms with van der Waals surface area (Å²) < 4.78 is 0. The maximum absolute atomic E-state index is 3.71. The predicted octanol–water partition coefficient (Wildman–Crippen LogP) is 6.68. The molecule has 0 bridgehead atoms. The molecule has 0 fully saturated rings. The summed E-state index contributed by atoms with van der Waals surface area (Å²) in [7, 11) is 0. The van der Waals surface area contributed by atoms with Crippen LogP contribution in [0.2, 0.25) is 0 Å². The molecule has 0 amide bonds. The first-order valence-electron chi connectivity index (χ1n) is 7.54. The summed E-state index contributed by atoms with van der Waals surface area (Å²) in [4.78, 5) is 0. The largest absolute Gasteiger partial charge is 0.0961 e. The summed E-state index contributed by atoms with van der Waals surface area (Å²) in [5.74, 6) is 0. The van der Waals surface area contributed by atoms with Gasteiger partial charge >= 0.3 is 0 Å². The summed E-state index contributed by atoms with van der Waals surface area (Å²) in [5.41, 5.74) is 3.73. The van der Waals surface area contributed by atoms with E-state index in [1.807, 2.05) is 74.5 Å². The minimum atomic E-state index is 1.09. The molecule has 0 radical (unpaired) electrons. The van der Waals surface area contributed by atoms with Crippen molar-refractivity contribution in [2.45, 2.75) is 27.7 Å². The lowest BCUT2D eigenvalue weighted by Crippen LogP contribution is -1.62. The normalized spacial score (nSPS) is 9.64. The fourth-order valence-corrected chi connectivity index (χ4v) is 1.40. The Labute approximate surface area is 136 Å². The monoisotopic (exact) mass is 292 g/mol. The molecule has 0 heteroatoms. The molecule has 0 N–H and O–H groups in total. The Bertz CT molecular complexity index is 508. The third-order valence-corrected chi connectivity index (χ3v) is 2.57. The minimum Gasteiger partial charge on any atom is -0.0961 e. The van der Waals surface area contributed by atoms with Crippen LogP contribution >= 0.6 is 0 Å². The third kappa shape index (κ3) is 14.1. The van der Waals surface area contributed by atoms with Crippen LogP contribution in [0.1, 0.15) is 25.0 Å². The van der Waals surface area contributed by atoms with Gasteiger partial charge in [0.15, 0.2) is 0 Å². The van der Waals surface area contributed by atoms with Crippen LogP contribution in [0.25, 0.3) is 0 Å². The highest BCUT2D eigenvalue weighted by atomic mass is 13.8. The van der Waals surface area contributed by atoms with Crippen LogP contribution < -0.4 is 0 Å². The molecule has 2 aromatic carbocycles. The Morgan fingerprint density at radius 1 is 0.773 bits per heavy atom. The first-order valence-corrected chi connectivity index (χ1v) is 7.54. The minimum absolute atomic E-state index is 1.09. The van der Waals surface area contributed by atoms with Gasteiger partial charge in [-0.15, -0.1) is 0 Å². The topological polar surface area (TPSA) is 0 Å². The molecule has 0 saturated carbocycles. The van der Waals surface area contributed by atoms with E-state index in [1.165, 1.54) is 11.1 Å². The van der Waals surface area contributed by atoms with Gasteiger partial charge in [-0.3, -0.25) is 0 Å². The zero-order valence-corrected chi connectivity index (χ0v) is 14.3. The van der Waals surface area contributed by atoms with Crippen molar-refractivity contribution in [1.29, 1.82) is 0 Å². The molecule has 0 unspecified atom stereocenters. The van der Waals surface area contributed by atoms with Crippen molar-refractivity contribution in [3.05, 3.63) is 108 Å². The molecule has 0 atom stereocenters. The van der Waals surface area contributed by atoms with Crippen molar-refractivity contribution in [1.82, 2.24) is 0 Å². The van der Waals surface area contributed by atoms with E-state index in [2.05, 4.69) is 44.7 Å². The van der Waals surface area contributed by atoms with Crippen LogP contribution in [0.4, 0.5) is 0 Å². The van der Waals surface area contributed by atoms with Crippen molar-refractivity contribution >= 4 is 0 Å². The molecule has 2 rings (SSSR count). The highest BCUT2D eigenvalue weighted by Gasteiger charge is 1.72. The molecule has 0 nitrogen and oxygen atoms in total. The van der Waals surface area contributed by atoms with Gasteiger partial charge in [0.1, 0.15) is 0 Å². The number of allylic oxidation sites excluding steroid dienone is 5. The van der Waals surface area contributed by atoms with Crippen LogP contribution in [0.5, 0.6) is 0 Å². The van der Waals surface area contributed by atoms with Crippen LogP contribution in [0.15, 0.2) is 97.1 Å². The zero-order valence-electron chi connectivity index (χ0n) is 14.3. The van der Waals surface area contributed by atoms with Gasteiger partial charge in [0.25, 0.3) is 0 Å². The van der Waals surface area contributed by atoms with Gasteiger partial charge in [0, 0.05) is 0 Å². The van der Waals surface area contributed by atoms with E-state index in [0.29, 0.717) is 0 Å². The molecule has 0 heterocycles. The number of aryl methyl sites for hydroxylation is 2. The molecule has 116 valence electrons. The molecular formula is C22H28. The standard InChI is InChI=1S/C8H12.2C7H8/c1-4-5-6-7-8(2)3;2*1-7-5-3-2-4-6-7/h4-7H,2H2,1,3H3;2*2-6H,1H3/b5-4-,7-6-;;. The summed E-state index contributed by atoms with van der Waals surface area (Å²) in [6, 6.07) is 20.5. The Kier molecular flexibility index (Phi) is 12.2. The SMILES string of the molecule is C=C(C)/C=C\C=C/C.Cc1ccccc1.Cc1ccccc1. The van der Waals surface area contributed by atoms with E-state index >= 15 is 0 Å². The van der Waals surface area contributed by atoms with Crippen molar-refractivity contribution in [2.24, 2.45) is 0 Å².